The first kappa shape index (κ1) is 11.3. The van der Waals surface area contributed by atoms with Gasteiger partial charge in [0, 0.05) is 10.0 Å². The maximum Gasteiger partial charge on any atom is 0.0439 e. The van der Waals surface area contributed by atoms with E-state index in [-0.39, 0.29) is 0 Å². The molecule has 3 heteroatoms. The van der Waals surface area contributed by atoms with E-state index in [1.807, 2.05) is 18.2 Å². The second-order valence-electron chi connectivity index (χ2n) is 4.27. The Morgan fingerprint density at radius 1 is 1.20 bits per heavy atom. The molecule has 1 nitrogen and oxygen atoms in total. The van der Waals surface area contributed by atoms with Gasteiger partial charge in [-0.15, -0.1) is 0 Å². The van der Waals surface area contributed by atoms with Crippen molar-refractivity contribution in [2.24, 2.45) is 17.6 Å². The first-order valence-electron chi connectivity index (χ1n) is 5.34. The first-order chi connectivity index (χ1) is 7.20. The molecule has 0 aromatic heterocycles. The van der Waals surface area contributed by atoms with E-state index in [1.165, 1.54) is 12.8 Å². The maximum absolute atomic E-state index is 6.12. The van der Waals surface area contributed by atoms with Gasteiger partial charge in [0.1, 0.15) is 0 Å². The Balaban J connectivity index is 2.07. The predicted molar refractivity (Wildman–Crippen MR) is 65.4 cm³/mol. The maximum atomic E-state index is 6.12. The van der Waals surface area contributed by atoms with Gasteiger partial charge in [0.15, 0.2) is 0 Å². The average molecular weight is 244 g/mol. The van der Waals surface area contributed by atoms with Crippen LogP contribution in [0.25, 0.3) is 0 Å². The molecule has 1 aliphatic rings. The number of halogens is 2. The zero-order valence-corrected chi connectivity index (χ0v) is 10.1. The van der Waals surface area contributed by atoms with Crippen LogP contribution in [0.2, 0.25) is 10.0 Å². The van der Waals surface area contributed by atoms with Gasteiger partial charge < -0.3 is 5.73 Å². The average Bonchev–Trinajstić information content (AvgIpc) is 2.18. The van der Waals surface area contributed by atoms with Crippen molar-refractivity contribution in [3.05, 3.63) is 33.8 Å². The number of benzene rings is 1. The normalized spacial score (nSPS) is 25.0. The minimum atomic E-state index is 0.681. The number of hydrogen-bond donors (Lipinski definition) is 1. The van der Waals surface area contributed by atoms with Crippen LogP contribution in [0.5, 0.6) is 0 Å². The van der Waals surface area contributed by atoms with Gasteiger partial charge in [-0.2, -0.15) is 0 Å². The molecule has 0 aliphatic heterocycles. The van der Waals surface area contributed by atoms with Gasteiger partial charge >= 0.3 is 0 Å². The van der Waals surface area contributed by atoms with Crippen molar-refractivity contribution in [1.82, 2.24) is 0 Å². The van der Waals surface area contributed by atoms with Crippen molar-refractivity contribution in [3.8, 4) is 0 Å². The zero-order chi connectivity index (χ0) is 10.8. The van der Waals surface area contributed by atoms with Crippen LogP contribution in [0, 0.1) is 11.8 Å². The Hall–Kier alpha value is -0.240. The molecule has 1 aromatic carbocycles. The molecular formula is C12H15Cl2N. The highest BCUT2D eigenvalue weighted by Gasteiger charge is 2.29. The minimum absolute atomic E-state index is 0.681. The molecule has 1 aliphatic carbocycles. The van der Waals surface area contributed by atoms with E-state index >= 15 is 0 Å². The SMILES string of the molecule is NCC1CCC1Cc1cc(Cl)ccc1Cl. The smallest absolute Gasteiger partial charge is 0.0439 e. The van der Waals surface area contributed by atoms with Gasteiger partial charge in [0.2, 0.25) is 0 Å². The lowest BCUT2D eigenvalue weighted by atomic mass is 9.71. The molecule has 15 heavy (non-hydrogen) atoms. The molecule has 0 amide bonds. The molecule has 0 saturated heterocycles. The van der Waals surface area contributed by atoms with Crippen molar-refractivity contribution in [2.45, 2.75) is 19.3 Å². The Bertz CT molecular complexity index is 349. The largest absolute Gasteiger partial charge is 0.330 e. The highest BCUT2D eigenvalue weighted by atomic mass is 35.5. The summed E-state index contributed by atoms with van der Waals surface area (Å²) in [6, 6.07) is 5.67. The quantitative estimate of drug-likeness (QED) is 0.864. The van der Waals surface area contributed by atoms with E-state index in [1.54, 1.807) is 0 Å². The number of rotatable bonds is 3. The summed E-state index contributed by atoms with van der Waals surface area (Å²) >= 11 is 12.1. The molecule has 2 unspecified atom stereocenters. The second kappa shape index (κ2) is 4.73. The number of hydrogen-bond acceptors (Lipinski definition) is 1. The van der Waals surface area contributed by atoms with Gasteiger partial charge in [0.25, 0.3) is 0 Å². The highest BCUT2D eigenvalue weighted by molar-refractivity contribution is 6.33. The van der Waals surface area contributed by atoms with Gasteiger partial charge in [-0.25, -0.2) is 0 Å². The van der Waals surface area contributed by atoms with Crippen molar-refractivity contribution in [1.29, 1.82) is 0 Å². The van der Waals surface area contributed by atoms with Gasteiger partial charge in [-0.1, -0.05) is 23.2 Å². The summed E-state index contributed by atoms with van der Waals surface area (Å²) in [6.45, 7) is 0.794. The molecular weight excluding hydrogens is 229 g/mol. The van der Waals surface area contributed by atoms with E-state index in [0.717, 1.165) is 28.6 Å². The van der Waals surface area contributed by atoms with Gasteiger partial charge in [-0.3, -0.25) is 0 Å². The lowest BCUT2D eigenvalue weighted by Crippen LogP contribution is -2.33. The van der Waals surface area contributed by atoms with Crippen LogP contribution in [0.1, 0.15) is 18.4 Å². The topological polar surface area (TPSA) is 26.0 Å². The predicted octanol–water partition coefficient (Wildman–Crippen LogP) is 3.52. The van der Waals surface area contributed by atoms with Crippen LogP contribution in [0.3, 0.4) is 0 Å². The van der Waals surface area contributed by atoms with E-state index < -0.39 is 0 Å². The van der Waals surface area contributed by atoms with Crippen LogP contribution >= 0.6 is 23.2 Å². The van der Waals surface area contributed by atoms with Crippen molar-refractivity contribution in [2.75, 3.05) is 6.54 Å². The summed E-state index contributed by atoms with van der Waals surface area (Å²) in [5.41, 5.74) is 6.85. The Morgan fingerprint density at radius 3 is 2.53 bits per heavy atom. The molecule has 0 bridgehead atoms. The van der Waals surface area contributed by atoms with E-state index in [9.17, 15) is 0 Å². The molecule has 1 fully saturated rings. The number of nitrogens with two attached hydrogens (primary N) is 1. The summed E-state index contributed by atoms with van der Waals surface area (Å²) in [5.74, 6) is 1.38. The Labute approximate surface area is 101 Å². The van der Waals surface area contributed by atoms with Crippen molar-refractivity contribution in [3.63, 3.8) is 0 Å². The minimum Gasteiger partial charge on any atom is -0.330 e. The fraction of sp³-hybridized carbons (Fsp3) is 0.500. The molecule has 0 spiro atoms. The van der Waals surface area contributed by atoms with Gasteiger partial charge in [0.05, 0.1) is 0 Å². The fourth-order valence-electron chi connectivity index (χ4n) is 2.20. The van der Waals surface area contributed by atoms with Crippen LogP contribution in [0.4, 0.5) is 0 Å². The summed E-state index contributed by atoms with van der Waals surface area (Å²) in [4.78, 5) is 0. The van der Waals surface area contributed by atoms with E-state index in [4.69, 9.17) is 28.9 Å². The Morgan fingerprint density at radius 2 is 1.93 bits per heavy atom. The van der Waals surface area contributed by atoms with Crippen molar-refractivity contribution >= 4 is 23.2 Å². The Kier molecular flexibility index (Phi) is 3.55. The third kappa shape index (κ3) is 2.47. The second-order valence-corrected chi connectivity index (χ2v) is 5.12. The third-order valence-electron chi connectivity index (χ3n) is 3.37. The van der Waals surface area contributed by atoms with Crippen molar-refractivity contribution < 1.29 is 0 Å². The molecule has 1 saturated carbocycles. The molecule has 2 atom stereocenters. The molecule has 2 rings (SSSR count). The fourth-order valence-corrected chi connectivity index (χ4v) is 2.59. The summed E-state index contributed by atoms with van der Waals surface area (Å²) in [6.07, 6.45) is 3.55. The van der Waals surface area contributed by atoms with E-state index in [2.05, 4.69) is 0 Å². The first-order valence-corrected chi connectivity index (χ1v) is 6.10. The highest BCUT2D eigenvalue weighted by Crippen LogP contribution is 2.37. The summed E-state index contributed by atoms with van der Waals surface area (Å²) in [7, 11) is 0. The molecule has 0 radical (unpaired) electrons. The lowest BCUT2D eigenvalue weighted by molar-refractivity contribution is 0.183. The van der Waals surface area contributed by atoms with Crippen LogP contribution in [-0.2, 0) is 6.42 Å². The van der Waals surface area contributed by atoms with E-state index in [0.29, 0.717) is 11.8 Å². The zero-order valence-electron chi connectivity index (χ0n) is 8.55. The monoisotopic (exact) mass is 243 g/mol. The molecule has 1 aromatic rings. The molecule has 82 valence electrons. The lowest BCUT2D eigenvalue weighted by Gasteiger charge is -2.36. The van der Waals surface area contributed by atoms with Crippen LogP contribution < -0.4 is 5.73 Å². The molecule has 0 heterocycles. The van der Waals surface area contributed by atoms with Crippen LogP contribution in [-0.4, -0.2) is 6.54 Å². The standard InChI is InChI=1S/C12H15Cl2N/c13-11-3-4-12(14)10(6-11)5-8-1-2-9(8)7-15/h3-4,6,8-9H,1-2,5,7,15H2. The summed E-state index contributed by atoms with van der Waals surface area (Å²) < 4.78 is 0. The third-order valence-corrected chi connectivity index (χ3v) is 3.97. The molecule has 2 N–H and O–H groups in total. The summed E-state index contributed by atoms with van der Waals surface area (Å²) in [5, 5.41) is 1.58. The van der Waals surface area contributed by atoms with Gasteiger partial charge in [-0.05, 0) is 61.4 Å². The van der Waals surface area contributed by atoms with Crippen LogP contribution in [0.15, 0.2) is 18.2 Å².